The van der Waals surface area contributed by atoms with E-state index in [1.165, 1.54) is 23.6 Å². The van der Waals surface area contributed by atoms with E-state index in [4.69, 9.17) is 11.6 Å². The Bertz CT molecular complexity index is 865. The van der Waals surface area contributed by atoms with Crippen LogP contribution >= 0.6 is 22.9 Å². The Labute approximate surface area is 148 Å². The van der Waals surface area contributed by atoms with Crippen LogP contribution in [-0.4, -0.2) is 17.4 Å². The molecule has 1 heterocycles. The lowest BCUT2D eigenvalue weighted by atomic mass is 10.1. The minimum atomic E-state index is -0.259. The van der Waals surface area contributed by atoms with E-state index in [9.17, 15) is 9.18 Å². The van der Waals surface area contributed by atoms with Crippen LogP contribution in [0.2, 0.25) is 5.02 Å². The number of aromatic nitrogens is 1. The summed E-state index contributed by atoms with van der Waals surface area (Å²) in [7, 11) is 0. The van der Waals surface area contributed by atoms with Crippen LogP contribution in [0.3, 0.4) is 0 Å². The Morgan fingerprint density at radius 2 is 1.92 bits per heavy atom. The standard InChI is InChI=1S/C18H14ClFN2OS/c19-14-7-3-2-6-13(14)18-22-11-16(24-18)17(23)21-10-9-12-5-1-4-8-15(12)20/h1-8,11H,9-10H2,(H,21,23). The van der Waals surface area contributed by atoms with E-state index >= 15 is 0 Å². The van der Waals surface area contributed by atoms with Gasteiger partial charge in [-0.25, -0.2) is 9.37 Å². The van der Waals surface area contributed by atoms with Gasteiger partial charge in [0, 0.05) is 12.1 Å². The van der Waals surface area contributed by atoms with Crippen molar-refractivity contribution >= 4 is 28.8 Å². The number of amides is 1. The molecule has 3 rings (SSSR count). The molecule has 0 unspecified atom stereocenters. The van der Waals surface area contributed by atoms with E-state index in [1.54, 1.807) is 24.3 Å². The largest absolute Gasteiger partial charge is 0.351 e. The summed E-state index contributed by atoms with van der Waals surface area (Å²) < 4.78 is 13.5. The predicted octanol–water partition coefficient (Wildman–Crippen LogP) is 4.58. The van der Waals surface area contributed by atoms with Crippen LogP contribution in [0.25, 0.3) is 10.6 Å². The minimum absolute atomic E-state index is 0.220. The Kier molecular flexibility index (Phi) is 5.23. The Balaban J connectivity index is 1.62. The van der Waals surface area contributed by atoms with Gasteiger partial charge < -0.3 is 5.32 Å². The van der Waals surface area contributed by atoms with Crippen LogP contribution in [0.4, 0.5) is 4.39 Å². The van der Waals surface area contributed by atoms with Crippen LogP contribution in [0.5, 0.6) is 0 Å². The molecule has 0 aliphatic heterocycles. The zero-order chi connectivity index (χ0) is 16.9. The van der Waals surface area contributed by atoms with Crippen molar-refractivity contribution in [3.8, 4) is 10.6 Å². The molecular formula is C18H14ClFN2OS. The molecule has 1 aromatic heterocycles. The minimum Gasteiger partial charge on any atom is -0.351 e. The molecule has 0 spiro atoms. The molecule has 122 valence electrons. The first-order valence-electron chi connectivity index (χ1n) is 7.37. The van der Waals surface area contributed by atoms with Gasteiger partial charge in [-0.1, -0.05) is 48.0 Å². The molecule has 0 bridgehead atoms. The lowest BCUT2D eigenvalue weighted by molar-refractivity contribution is 0.0958. The average Bonchev–Trinajstić information content (AvgIpc) is 3.07. The molecule has 0 saturated carbocycles. The van der Waals surface area contributed by atoms with E-state index in [0.29, 0.717) is 33.4 Å². The van der Waals surface area contributed by atoms with Gasteiger partial charge in [-0.05, 0) is 24.1 Å². The van der Waals surface area contributed by atoms with Gasteiger partial charge in [-0.3, -0.25) is 4.79 Å². The summed E-state index contributed by atoms with van der Waals surface area (Å²) in [4.78, 5) is 16.9. The van der Waals surface area contributed by atoms with Crippen molar-refractivity contribution in [3.05, 3.63) is 76.0 Å². The van der Waals surface area contributed by atoms with Crippen molar-refractivity contribution in [3.63, 3.8) is 0 Å². The number of nitrogens with one attached hydrogen (secondary N) is 1. The third-order valence-corrected chi connectivity index (χ3v) is 4.83. The van der Waals surface area contributed by atoms with E-state index < -0.39 is 0 Å². The second kappa shape index (κ2) is 7.55. The van der Waals surface area contributed by atoms with Crippen LogP contribution in [0, 0.1) is 5.82 Å². The first kappa shape index (κ1) is 16.6. The third kappa shape index (κ3) is 3.80. The maximum atomic E-state index is 13.5. The van der Waals surface area contributed by atoms with Crippen LogP contribution in [-0.2, 0) is 6.42 Å². The van der Waals surface area contributed by atoms with E-state index in [0.717, 1.165) is 5.56 Å². The highest BCUT2D eigenvalue weighted by molar-refractivity contribution is 7.17. The summed E-state index contributed by atoms with van der Waals surface area (Å²) in [6.07, 6.45) is 1.97. The summed E-state index contributed by atoms with van der Waals surface area (Å²) >= 11 is 7.42. The van der Waals surface area contributed by atoms with Gasteiger partial charge in [-0.2, -0.15) is 0 Å². The number of carbonyl (C=O) groups excluding carboxylic acids is 1. The Hall–Kier alpha value is -2.24. The van der Waals surface area contributed by atoms with E-state index in [1.807, 2.05) is 18.2 Å². The fourth-order valence-corrected chi connectivity index (χ4v) is 3.39. The van der Waals surface area contributed by atoms with Gasteiger partial charge in [0.15, 0.2) is 0 Å². The van der Waals surface area contributed by atoms with Crippen LogP contribution in [0.1, 0.15) is 15.2 Å². The van der Waals surface area contributed by atoms with E-state index in [-0.39, 0.29) is 11.7 Å². The number of thiazole rings is 1. The molecule has 1 N–H and O–H groups in total. The Morgan fingerprint density at radius 1 is 1.17 bits per heavy atom. The molecule has 2 aromatic carbocycles. The summed E-state index contributed by atoms with van der Waals surface area (Å²) in [5, 5.41) is 4.08. The molecule has 0 aliphatic carbocycles. The zero-order valence-corrected chi connectivity index (χ0v) is 14.2. The molecule has 0 aliphatic rings. The van der Waals surface area contributed by atoms with Crippen molar-refractivity contribution in [2.75, 3.05) is 6.54 Å². The molecule has 6 heteroatoms. The molecule has 24 heavy (non-hydrogen) atoms. The van der Waals surface area contributed by atoms with E-state index in [2.05, 4.69) is 10.3 Å². The lowest BCUT2D eigenvalue weighted by Gasteiger charge is -2.04. The summed E-state index contributed by atoms with van der Waals surface area (Å²) in [5.41, 5.74) is 1.38. The van der Waals surface area contributed by atoms with Crippen molar-refractivity contribution in [1.82, 2.24) is 10.3 Å². The number of benzene rings is 2. The van der Waals surface area contributed by atoms with Gasteiger partial charge in [0.05, 0.1) is 11.2 Å². The molecule has 3 aromatic rings. The molecule has 0 fully saturated rings. The topological polar surface area (TPSA) is 42.0 Å². The second-order valence-electron chi connectivity index (χ2n) is 5.11. The fraction of sp³-hybridized carbons (Fsp3) is 0.111. The van der Waals surface area contributed by atoms with Crippen molar-refractivity contribution < 1.29 is 9.18 Å². The number of carbonyl (C=O) groups is 1. The normalized spacial score (nSPS) is 10.6. The number of hydrogen-bond acceptors (Lipinski definition) is 3. The summed E-state index contributed by atoms with van der Waals surface area (Å²) in [6, 6.07) is 13.9. The molecule has 0 radical (unpaired) electrons. The second-order valence-corrected chi connectivity index (χ2v) is 6.54. The molecule has 3 nitrogen and oxygen atoms in total. The SMILES string of the molecule is O=C(NCCc1ccccc1F)c1cnc(-c2ccccc2Cl)s1. The average molecular weight is 361 g/mol. The van der Waals surface area contributed by atoms with Crippen molar-refractivity contribution in [2.24, 2.45) is 0 Å². The Morgan fingerprint density at radius 3 is 2.71 bits per heavy atom. The quantitative estimate of drug-likeness (QED) is 0.723. The van der Waals surface area contributed by atoms with Gasteiger partial charge in [0.2, 0.25) is 0 Å². The van der Waals surface area contributed by atoms with Gasteiger partial charge in [-0.15, -0.1) is 11.3 Å². The summed E-state index contributed by atoms with van der Waals surface area (Å²) in [6.45, 7) is 0.360. The lowest BCUT2D eigenvalue weighted by Crippen LogP contribution is -2.25. The highest BCUT2D eigenvalue weighted by Crippen LogP contribution is 2.30. The monoisotopic (exact) mass is 360 g/mol. The number of rotatable bonds is 5. The predicted molar refractivity (Wildman–Crippen MR) is 95.0 cm³/mol. The highest BCUT2D eigenvalue weighted by Gasteiger charge is 2.13. The summed E-state index contributed by atoms with van der Waals surface area (Å²) in [5.74, 6) is -0.479. The maximum Gasteiger partial charge on any atom is 0.263 e. The van der Waals surface area contributed by atoms with Gasteiger partial charge >= 0.3 is 0 Å². The smallest absolute Gasteiger partial charge is 0.263 e. The van der Waals surface area contributed by atoms with Crippen molar-refractivity contribution in [2.45, 2.75) is 6.42 Å². The van der Waals surface area contributed by atoms with Crippen molar-refractivity contribution in [1.29, 1.82) is 0 Å². The maximum absolute atomic E-state index is 13.5. The number of halogens is 2. The first-order valence-corrected chi connectivity index (χ1v) is 8.57. The fourth-order valence-electron chi connectivity index (χ4n) is 2.24. The van der Waals surface area contributed by atoms with Crippen LogP contribution < -0.4 is 5.32 Å². The third-order valence-electron chi connectivity index (χ3n) is 3.47. The van der Waals surface area contributed by atoms with Gasteiger partial charge in [0.25, 0.3) is 5.91 Å². The molecular weight excluding hydrogens is 347 g/mol. The van der Waals surface area contributed by atoms with Crippen LogP contribution in [0.15, 0.2) is 54.7 Å². The first-order chi connectivity index (χ1) is 11.6. The molecule has 0 saturated heterocycles. The number of nitrogens with zero attached hydrogens (tertiary/aromatic N) is 1. The highest BCUT2D eigenvalue weighted by atomic mass is 35.5. The van der Waals surface area contributed by atoms with Gasteiger partial charge in [0.1, 0.15) is 15.7 Å². The molecule has 0 atom stereocenters. The zero-order valence-electron chi connectivity index (χ0n) is 12.6. The molecule has 1 amide bonds. The number of hydrogen-bond donors (Lipinski definition) is 1.